The molecule has 1 fully saturated rings. The highest BCUT2D eigenvalue weighted by molar-refractivity contribution is 6.29. The van der Waals surface area contributed by atoms with Crippen molar-refractivity contribution < 1.29 is 9.53 Å². The third-order valence-electron chi connectivity index (χ3n) is 3.86. The Balaban J connectivity index is 1.96. The summed E-state index contributed by atoms with van der Waals surface area (Å²) in [5.74, 6) is 0.980. The van der Waals surface area contributed by atoms with Gasteiger partial charge < -0.3 is 14.5 Å². The smallest absolute Gasteiger partial charge is 0.410 e. The van der Waals surface area contributed by atoms with E-state index in [0.29, 0.717) is 23.6 Å². The maximum atomic E-state index is 12.3. The molecule has 7 heteroatoms. The summed E-state index contributed by atoms with van der Waals surface area (Å²) in [5, 5.41) is 0.448. The second-order valence-corrected chi connectivity index (χ2v) is 7.83. The molecule has 1 aliphatic heterocycles. The molecule has 0 aliphatic carbocycles. The van der Waals surface area contributed by atoms with E-state index in [9.17, 15) is 4.79 Å². The molecule has 1 aliphatic rings. The van der Waals surface area contributed by atoms with Gasteiger partial charge in [0.2, 0.25) is 5.95 Å². The van der Waals surface area contributed by atoms with Crippen molar-refractivity contribution in [3.8, 4) is 0 Å². The predicted octanol–water partition coefficient (Wildman–Crippen LogP) is 3.52. The van der Waals surface area contributed by atoms with Crippen LogP contribution in [0.3, 0.4) is 0 Å². The van der Waals surface area contributed by atoms with Gasteiger partial charge in [-0.15, -0.1) is 0 Å². The van der Waals surface area contributed by atoms with Crippen LogP contribution in [-0.4, -0.2) is 53.2 Å². The third kappa shape index (κ3) is 5.51. The number of hydrogen-bond donors (Lipinski definition) is 0. The van der Waals surface area contributed by atoms with Crippen LogP contribution in [0.15, 0.2) is 6.07 Å². The normalized spacial score (nSPS) is 18.4. The van der Waals surface area contributed by atoms with Gasteiger partial charge in [-0.1, -0.05) is 11.6 Å². The monoisotopic (exact) mass is 354 g/mol. The van der Waals surface area contributed by atoms with Gasteiger partial charge in [-0.05, 0) is 52.5 Å². The molecule has 24 heavy (non-hydrogen) atoms. The molecule has 0 radical (unpaired) electrons. The summed E-state index contributed by atoms with van der Waals surface area (Å²) < 4.78 is 5.48. The molecule has 6 nitrogen and oxygen atoms in total. The molecule has 134 valence electrons. The van der Waals surface area contributed by atoms with E-state index < -0.39 is 5.60 Å². The number of nitrogens with zero attached hydrogens (tertiary/aromatic N) is 4. The molecule has 0 spiro atoms. The van der Waals surface area contributed by atoms with E-state index in [-0.39, 0.29) is 6.09 Å². The SMILES string of the molecule is Cc1cc(Cl)nc(N(C)C[C@H]2CCCN(C(=O)OC(C)(C)C)C2)n1. The van der Waals surface area contributed by atoms with Gasteiger partial charge in [0.15, 0.2) is 0 Å². The lowest BCUT2D eigenvalue weighted by atomic mass is 9.98. The third-order valence-corrected chi connectivity index (χ3v) is 4.05. The molecule has 1 aromatic heterocycles. The molecule has 1 atom stereocenters. The zero-order chi connectivity index (χ0) is 17.9. The van der Waals surface area contributed by atoms with E-state index >= 15 is 0 Å². The Morgan fingerprint density at radius 3 is 2.79 bits per heavy atom. The second-order valence-electron chi connectivity index (χ2n) is 7.45. The highest BCUT2D eigenvalue weighted by atomic mass is 35.5. The van der Waals surface area contributed by atoms with Gasteiger partial charge in [0.25, 0.3) is 0 Å². The van der Waals surface area contributed by atoms with E-state index in [2.05, 4.69) is 9.97 Å². The number of halogens is 1. The molecule has 1 aromatic rings. The van der Waals surface area contributed by atoms with Gasteiger partial charge in [-0.2, -0.15) is 0 Å². The van der Waals surface area contributed by atoms with Crippen molar-refractivity contribution in [2.75, 3.05) is 31.6 Å². The molecule has 1 saturated heterocycles. The van der Waals surface area contributed by atoms with E-state index in [1.807, 2.05) is 39.6 Å². The van der Waals surface area contributed by atoms with Gasteiger partial charge in [-0.3, -0.25) is 0 Å². The van der Waals surface area contributed by atoms with E-state index in [4.69, 9.17) is 16.3 Å². The summed E-state index contributed by atoms with van der Waals surface area (Å²) in [7, 11) is 1.96. The summed E-state index contributed by atoms with van der Waals surface area (Å²) in [6.07, 6.45) is 1.82. The minimum Gasteiger partial charge on any atom is -0.444 e. The number of ether oxygens (including phenoxy) is 1. The maximum Gasteiger partial charge on any atom is 0.410 e. The fourth-order valence-electron chi connectivity index (χ4n) is 2.86. The van der Waals surface area contributed by atoms with Crippen LogP contribution in [-0.2, 0) is 4.74 Å². The molecule has 0 aromatic carbocycles. The topological polar surface area (TPSA) is 58.6 Å². The quantitative estimate of drug-likeness (QED) is 0.777. The van der Waals surface area contributed by atoms with Crippen molar-refractivity contribution in [2.24, 2.45) is 5.92 Å². The van der Waals surface area contributed by atoms with E-state index in [1.165, 1.54) is 0 Å². The van der Waals surface area contributed by atoms with Crippen LogP contribution in [0.4, 0.5) is 10.7 Å². The Labute approximate surface area is 149 Å². The number of amides is 1. The molecule has 0 N–H and O–H groups in total. The average Bonchev–Trinajstić information content (AvgIpc) is 2.44. The van der Waals surface area contributed by atoms with Gasteiger partial charge in [0.1, 0.15) is 10.8 Å². The first-order valence-corrected chi connectivity index (χ1v) is 8.72. The Morgan fingerprint density at radius 2 is 2.17 bits per heavy atom. The molecule has 0 unspecified atom stereocenters. The van der Waals surface area contributed by atoms with Crippen LogP contribution in [0.1, 0.15) is 39.3 Å². The van der Waals surface area contributed by atoms with Gasteiger partial charge in [-0.25, -0.2) is 14.8 Å². The number of aryl methyl sites for hydroxylation is 1. The van der Waals surface area contributed by atoms with Crippen LogP contribution >= 0.6 is 11.6 Å². The molecule has 2 rings (SSSR count). The van der Waals surface area contributed by atoms with Crippen molar-refractivity contribution in [1.29, 1.82) is 0 Å². The van der Waals surface area contributed by atoms with Crippen molar-refractivity contribution >= 4 is 23.6 Å². The Hall–Kier alpha value is -1.56. The number of hydrogen-bond acceptors (Lipinski definition) is 5. The summed E-state index contributed by atoms with van der Waals surface area (Å²) in [4.78, 5) is 24.8. The molecule has 0 saturated carbocycles. The lowest BCUT2D eigenvalue weighted by molar-refractivity contribution is 0.0170. The molecule has 0 bridgehead atoms. The first-order chi connectivity index (χ1) is 11.1. The number of aromatic nitrogens is 2. The number of anilines is 1. The number of rotatable bonds is 3. The fraction of sp³-hybridized carbons (Fsp3) is 0.706. The minimum absolute atomic E-state index is 0.232. The number of carbonyl (C=O) groups is 1. The molecular formula is C17H27ClN4O2. The first-order valence-electron chi connectivity index (χ1n) is 8.34. The first kappa shape index (κ1) is 18.8. The van der Waals surface area contributed by atoms with Gasteiger partial charge >= 0.3 is 6.09 Å². The van der Waals surface area contributed by atoms with Crippen molar-refractivity contribution in [3.05, 3.63) is 16.9 Å². The second kappa shape index (κ2) is 7.55. The molecular weight excluding hydrogens is 328 g/mol. The number of carbonyl (C=O) groups excluding carboxylic acids is 1. The molecule has 1 amide bonds. The summed E-state index contributed by atoms with van der Waals surface area (Å²) in [6.45, 7) is 9.78. The highest BCUT2D eigenvalue weighted by Gasteiger charge is 2.28. The van der Waals surface area contributed by atoms with Crippen molar-refractivity contribution in [3.63, 3.8) is 0 Å². The zero-order valence-electron chi connectivity index (χ0n) is 15.2. The largest absolute Gasteiger partial charge is 0.444 e. The van der Waals surface area contributed by atoms with Gasteiger partial charge in [0.05, 0.1) is 0 Å². The lowest BCUT2D eigenvalue weighted by Crippen LogP contribution is -2.45. The lowest BCUT2D eigenvalue weighted by Gasteiger charge is -2.35. The van der Waals surface area contributed by atoms with Crippen LogP contribution in [0.25, 0.3) is 0 Å². The zero-order valence-corrected chi connectivity index (χ0v) is 15.9. The van der Waals surface area contributed by atoms with Crippen LogP contribution < -0.4 is 4.90 Å². The highest BCUT2D eigenvalue weighted by Crippen LogP contribution is 2.21. The van der Waals surface area contributed by atoms with Gasteiger partial charge in [0, 0.05) is 32.4 Å². The Kier molecular flexibility index (Phi) is 5.91. The van der Waals surface area contributed by atoms with Crippen molar-refractivity contribution in [1.82, 2.24) is 14.9 Å². The van der Waals surface area contributed by atoms with Crippen LogP contribution in [0.2, 0.25) is 5.15 Å². The standard InChI is InChI=1S/C17H27ClN4O2/c1-12-9-14(18)20-15(19-12)21(5)10-13-7-6-8-22(11-13)16(23)24-17(2,3)4/h9,13H,6-8,10-11H2,1-5H3/t13-/m1/s1. The Morgan fingerprint density at radius 1 is 1.46 bits per heavy atom. The summed E-state index contributed by atoms with van der Waals surface area (Å²) in [5.41, 5.74) is 0.378. The summed E-state index contributed by atoms with van der Waals surface area (Å²) in [6, 6.07) is 1.74. The fourth-order valence-corrected chi connectivity index (χ4v) is 3.09. The average molecular weight is 355 g/mol. The van der Waals surface area contributed by atoms with E-state index in [1.54, 1.807) is 11.0 Å². The minimum atomic E-state index is -0.465. The number of piperidine rings is 1. The maximum absolute atomic E-state index is 12.3. The number of likely N-dealkylation sites (tertiary alicyclic amines) is 1. The Bertz CT molecular complexity index is 568. The van der Waals surface area contributed by atoms with E-state index in [0.717, 1.165) is 31.6 Å². The van der Waals surface area contributed by atoms with Crippen LogP contribution in [0, 0.1) is 12.8 Å². The van der Waals surface area contributed by atoms with Crippen molar-refractivity contribution in [2.45, 2.75) is 46.1 Å². The van der Waals surface area contributed by atoms with Crippen LogP contribution in [0.5, 0.6) is 0 Å². The molecule has 2 heterocycles. The predicted molar refractivity (Wildman–Crippen MR) is 95.6 cm³/mol. The summed E-state index contributed by atoms with van der Waals surface area (Å²) >= 11 is 6.02.